The van der Waals surface area contributed by atoms with Crippen LogP contribution in [0.15, 0.2) is 97.2 Å². The van der Waals surface area contributed by atoms with Gasteiger partial charge in [0.25, 0.3) is 0 Å². The summed E-state index contributed by atoms with van der Waals surface area (Å²) in [5, 5.41) is 3.17. The van der Waals surface area contributed by atoms with E-state index in [0.717, 1.165) is 29.1 Å². The molecule has 3 aliphatic carbocycles. The van der Waals surface area contributed by atoms with Crippen molar-refractivity contribution in [3.05, 3.63) is 114 Å². The summed E-state index contributed by atoms with van der Waals surface area (Å²) >= 11 is 0. The number of fused-ring (bicyclic) bond motifs is 2. The van der Waals surface area contributed by atoms with Crippen molar-refractivity contribution in [2.75, 3.05) is 17.3 Å². The molecule has 4 atom stereocenters. The number of halogens is 1. The van der Waals surface area contributed by atoms with E-state index in [1.807, 2.05) is 26.1 Å². The number of rotatable bonds is 8. The van der Waals surface area contributed by atoms with E-state index < -0.39 is 0 Å². The van der Waals surface area contributed by atoms with Crippen LogP contribution in [0.2, 0.25) is 0 Å². The second-order valence-electron chi connectivity index (χ2n) is 10.5. The molecular weight excluding hydrogens is 455 g/mol. The van der Waals surface area contributed by atoms with Crippen LogP contribution in [0.5, 0.6) is 0 Å². The van der Waals surface area contributed by atoms with Gasteiger partial charge in [-0.3, -0.25) is 0 Å². The van der Waals surface area contributed by atoms with Gasteiger partial charge >= 0.3 is 0 Å². The summed E-state index contributed by atoms with van der Waals surface area (Å²) < 4.78 is 14.8. The highest BCUT2D eigenvalue weighted by Crippen LogP contribution is 2.46. The van der Waals surface area contributed by atoms with Gasteiger partial charge in [0.15, 0.2) is 0 Å². The Kier molecular flexibility index (Phi) is 7.32. The molecule has 0 heterocycles. The lowest BCUT2D eigenvalue weighted by atomic mass is 9.68. The van der Waals surface area contributed by atoms with Gasteiger partial charge in [-0.15, -0.1) is 0 Å². The number of benzene rings is 3. The van der Waals surface area contributed by atoms with Gasteiger partial charge in [0.05, 0.1) is 6.04 Å². The Labute approximate surface area is 221 Å². The Hall–Kier alpha value is -3.59. The minimum absolute atomic E-state index is 0.0120. The molecule has 3 heteroatoms. The molecule has 0 saturated heterocycles. The van der Waals surface area contributed by atoms with E-state index in [9.17, 15) is 4.39 Å². The van der Waals surface area contributed by atoms with Crippen LogP contribution >= 0.6 is 0 Å². The van der Waals surface area contributed by atoms with Crippen LogP contribution in [0.25, 0.3) is 17.2 Å². The Morgan fingerprint density at radius 1 is 1.00 bits per heavy atom. The maximum Gasteiger partial charge on any atom is 0.125 e. The van der Waals surface area contributed by atoms with Crippen molar-refractivity contribution in [1.29, 1.82) is 0 Å². The SMILES string of the molecule is C=C(C1CC2C=CC1CC2)N(c1cc(F)cc(/C=C/C)c1)C(C)c1ccc(-c2ccc(NC)cc2)cc1. The molecule has 0 aliphatic heterocycles. The van der Waals surface area contributed by atoms with E-state index in [0.29, 0.717) is 17.8 Å². The smallest absolute Gasteiger partial charge is 0.125 e. The second-order valence-corrected chi connectivity index (χ2v) is 10.5. The van der Waals surface area contributed by atoms with E-state index in [1.165, 1.54) is 29.5 Å². The molecule has 0 aromatic heterocycles. The predicted molar refractivity (Wildman–Crippen MR) is 156 cm³/mol. The van der Waals surface area contributed by atoms with Crippen molar-refractivity contribution in [2.24, 2.45) is 17.8 Å². The average Bonchev–Trinajstić information content (AvgIpc) is 2.94. The summed E-state index contributed by atoms with van der Waals surface area (Å²) in [5.41, 5.74) is 7.48. The number of nitrogens with zero attached hydrogens (tertiary/aromatic N) is 1. The topological polar surface area (TPSA) is 15.3 Å². The maximum atomic E-state index is 14.8. The molecule has 2 bridgehead atoms. The number of hydrogen-bond donors (Lipinski definition) is 1. The van der Waals surface area contributed by atoms with Gasteiger partial charge in [0, 0.05) is 30.0 Å². The zero-order valence-corrected chi connectivity index (χ0v) is 22.1. The van der Waals surface area contributed by atoms with Crippen molar-refractivity contribution in [2.45, 2.75) is 39.2 Å². The zero-order chi connectivity index (χ0) is 25.9. The normalized spacial score (nSPS) is 21.2. The lowest BCUT2D eigenvalue weighted by molar-refractivity contribution is 0.247. The Morgan fingerprint density at radius 2 is 1.70 bits per heavy atom. The Morgan fingerprint density at radius 3 is 2.27 bits per heavy atom. The molecule has 2 nitrogen and oxygen atoms in total. The summed E-state index contributed by atoms with van der Waals surface area (Å²) in [6.45, 7) is 8.82. The number of nitrogens with one attached hydrogen (secondary N) is 1. The summed E-state index contributed by atoms with van der Waals surface area (Å²) in [6, 6.07) is 22.6. The standard InChI is InChI=1S/C34H37FN2/c1-5-6-26-19-31(35)22-33(20-26)37(24(3)34-21-25-7-9-30(34)10-8-25)23(2)27-11-13-28(14-12-27)29-15-17-32(36-4)18-16-29/h5-7,9,11-20,22-23,25,30,34,36H,3,8,10,21H2,1-2,4H3/b6-5+. The highest BCUT2D eigenvalue weighted by Gasteiger charge is 2.36. The second kappa shape index (κ2) is 10.8. The van der Waals surface area contributed by atoms with E-state index in [4.69, 9.17) is 0 Å². The Balaban J connectivity index is 1.49. The molecule has 3 aromatic rings. The third-order valence-electron chi connectivity index (χ3n) is 8.14. The molecule has 190 valence electrons. The fourth-order valence-electron chi connectivity index (χ4n) is 6.09. The maximum absolute atomic E-state index is 14.8. The van der Waals surface area contributed by atoms with E-state index >= 15 is 0 Å². The molecule has 0 radical (unpaired) electrons. The van der Waals surface area contributed by atoms with E-state index in [1.54, 1.807) is 12.1 Å². The molecule has 4 unspecified atom stereocenters. The molecule has 0 spiro atoms. The number of hydrogen-bond acceptors (Lipinski definition) is 2. The van der Waals surface area contributed by atoms with Crippen LogP contribution in [0.3, 0.4) is 0 Å². The van der Waals surface area contributed by atoms with Crippen molar-refractivity contribution in [3.8, 4) is 11.1 Å². The summed E-state index contributed by atoms with van der Waals surface area (Å²) in [5.74, 6) is 1.30. The third kappa shape index (κ3) is 5.27. The largest absolute Gasteiger partial charge is 0.388 e. The fourth-order valence-corrected chi connectivity index (χ4v) is 6.09. The first kappa shape index (κ1) is 25.1. The van der Waals surface area contributed by atoms with Gasteiger partial charge in [-0.1, -0.05) is 67.3 Å². The van der Waals surface area contributed by atoms with Crippen LogP contribution in [-0.4, -0.2) is 7.05 Å². The average molecular weight is 493 g/mol. The van der Waals surface area contributed by atoms with Gasteiger partial charge in [-0.25, -0.2) is 4.39 Å². The molecule has 1 saturated carbocycles. The summed E-state index contributed by atoms with van der Waals surface area (Å²) in [6.07, 6.45) is 12.3. The molecule has 6 rings (SSSR count). The molecule has 1 fully saturated rings. The van der Waals surface area contributed by atoms with Crippen LogP contribution in [0.4, 0.5) is 15.8 Å². The van der Waals surface area contributed by atoms with E-state index in [2.05, 4.69) is 90.5 Å². The summed E-state index contributed by atoms with van der Waals surface area (Å²) in [7, 11) is 1.93. The highest BCUT2D eigenvalue weighted by atomic mass is 19.1. The van der Waals surface area contributed by atoms with Crippen molar-refractivity contribution < 1.29 is 4.39 Å². The van der Waals surface area contributed by atoms with Gasteiger partial charge in [-0.05, 0) is 97.5 Å². The quantitative estimate of drug-likeness (QED) is 0.315. The lowest BCUT2D eigenvalue weighted by Crippen LogP contribution is -2.36. The highest BCUT2D eigenvalue weighted by molar-refractivity contribution is 5.67. The van der Waals surface area contributed by atoms with Crippen LogP contribution in [0.1, 0.15) is 50.3 Å². The van der Waals surface area contributed by atoms with Crippen molar-refractivity contribution in [3.63, 3.8) is 0 Å². The van der Waals surface area contributed by atoms with Gasteiger partial charge in [0.2, 0.25) is 0 Å². The van der Waals surface area contributed by atoms with Gasteiger partial charge in [0.1, 0.15) is 5.82 Å². The van der Waals surface area contributed by atoms with Crippen LogP contribution < -0.4 is 10.2 Å². The fraction of sp³-hybridized carbons (Fsp3) is 0.294. The first-order chi connectivity index (χ1) is 18.0. The first-order valence-electron chi connectivity index (χ1n) is 13.4. The zero-order valence-electron chi connectivity index (χ0n) is 22.1. The molecule has 0 amide bonds. The minimum Gasteiger partial charge on any atom is -0.388 e. The predicted octanol–water partition coefficient (Wildman–Crippen LogP) is 9.25. The first-order valence-corrected chi connectivity index (χ1v) is 13.4. The van der Waals surface area contributed by atoms with Crippen LogP contribution in [0, 0.1) is 23.6 Å². The molecule has 3 aliphatic rings. The van der Waals surface area contributed by atoms with Gasteiger partial charge < -0.3 is 10.2 Å². The van der Waals surface area contributed by atoms with E-state index in [-0.39, 0.29) is 11.9 Å². The molecule has 37 heavy (non-hydrogen) atoms. The van der Waals surface area contributed by atoms with Gasteiger partial charge in [-0.2, -0.15) is 0 Å². The third-order valence-corrected chi connectivity index (χ3v) is 8.14. The monoisotopic (exact) mass is 492 g/mol. The minimum atomic E-state index is -0.221. The van der Waals surface area contributed by atoms with Crippen LogP contribution in [-0.2, 0) is 0 Å². The molecule has 1 N–H and O–H groups in total. The number of allylic oxidation sites excluding steroid dienone is 4. The van der Waals surface area contributed by atoms with Crippen molar-refractivity contribution >= 4 is 17.5 Å². The molecule has 3 aromatic carbocycles. The number of anilines is 2. The van der Waals surface area contributed by atoms with Crippen molar-refractivity contribution in [1.82, 2.24) is 0 Å². The lowest BCUT2D eigenvalue weighted by Gasteiger charge is -2.44. The molecular formula is C34H37FN2. The summed E-state index contributed by atoms with van der Waals surface area (Å²) in [4.78, 5) is 2.28. The Bertz CT molecular complexity index is 1300.